The lowest BCUT2D eigenvalue weighted by molar-refractivity contribution is -0.116. The highest BCUT2D eigenvalue weighted by atomic mass is 32.2. The maximum Gasteiger partial charge on any atom is 0.253 e. The van der Waals surface area contributed by atoms with Gasteiger partial charge in [0, 0.05) is 6.54 Å². The molecule has 2 N–H and O–H groups in total. The van der Waals surface area contributed by atoms with Crippen LogP contribution < -0.4 is 14.9 Å². The lowest BCUT2D eigenvalue weighted by Gasteiger charge is -2.29. The molecule has 8 heteroatoms. The molecule has 0 saturated heterocycles. The Morgan fingerprint density at radius 2 is 1.58 bits per heavy atom. The molecule has 168 valence electrons. The van der Waals surface area contributed by atoms with Gasteiger partial charge in [-0.15, -0.1) is 0 Å². The van der Waals surface area contributed by atoms with Crippen molar-refractivity contribution < 1.29 is 18.0 Å². The molecule has 2 aromatic carbocycles. The van der Waals surface area contributed by atoms with Crippen molar-refractivity contribution in [1.29, 1.82) is 0 Å². The number of hydrogen-bond donors (Lipinski definition) is 2. The van der Waals surface area contributed by atoms with Crippen molar-refractivity contribution in [2.45, 2.75) is 40.7 Å². The SMILES string of the molecule is Cc1cc(C)cc(N([C@@H](C)C(=O)Nc2ccccc2C(=O)NCC(C)C)S(C)(=O)=O)c1. The summed E-state index contributed by atoms with van der Waals surface area (Å²) in [6.07, 6.45) is 1.07. The standard InChI is InChI=1S/C23H31N3O4S/c1-15(2)14-24-23(28)20-9-7-8-10-21(20)25-22(27)18(5)26(31(6,29)30)19-12-16(3)11-17(4)13-19/h7-13,15,18H,14H2,1-6H3,(H,24,28)(H,25,27)/t18-/m0/s1. The van der Waals surface area contributed by atoms with E-state index in [-0.39, 0.29) is 11.8 Å². The average Bonchev–Trinajstić information content (AvgIpc) is 2.64. The Labute approximate surface area is 184 Å². The van der Waals surface area contributed by atoms with E-state index in [9.17, 15) is 18.0 Å². The maximum atomic E-state index is 13.0. The quantitative estimate of drug-likeness (QED) is 0.650. The van der Waals surface area contributed by atoms with Gasteiger partial charge in [0.15, 0.2) is 0 Å². The van der Waals surface area contributed by atoms with Crippen LogP contribution in [0.4, 0.5) is 11.4 Å². The second-order valence-electron chi connectivity index (χ2n) is 8.22. The van der Waals surface area contributed by atoms with Gasteiger partial charge in [0.25, 0.3) is 5.91 Å². The summed E-state index contributed by atoms with van der Waals surface area (Å²) in [6.45, 7) is 9.74. The molecule has 2 aromatic rings. The van der Waals surface area contributed by atoms with E-state index in [0.29, 0.717) is 23.5 Å². The Bertz CT molecular complexity index is 1040. The molecule has 31 heavy (non-hydrogen) atoms. The molecule has 0 aliphatic carbocycles. The molecule has 0 aliphatic heterocycles. The van der Waals surface area contributed by atoms with E-state index in [4.69, 9.17) is 0 Å². The monoisotopic (exact) mass is 445 g/mol. The molecule has 2 amide bonds. The van der Waals surface area contributed by atoms with Crippen LogP contribution in [0.25, 0.3) is 0 Å². The van der Waals surface area contributed by atoms with Crippen LogP contribution in [0.15, 0.2) is 42.5 Å². The summed E-state index contributed by atoms with van der Waals surface area (Å²) < 4.78 is 26.2. The summed E-state index contributed by atoms with van der Waals surface area (Å²) in [5, 5.41) is 5.55. The number of hydrogen-bond acceptors (Lipinski definition) is 4. The number of carbonyl (C=O) groups excluding carboxylic acids is 2. The highest BCUT2D eigenvalue weighted by Gasteiger charge is 2.30. The van der Waals surface area contributed by atoms with Gasteiger partial charge in [0.05, 0.1) is 23.2 Å². The van der Waals surface area contributed by atoms with Gasteiger partial charge in [-0.1, -0.05) is 32.0 Å². The molecule has 0 radical (unpaired) electrons. The van der Waals surface area contributed by atoms with Crippen molar-refractivity contribution in [3.05, 3.63) is 59.2 Å². The van der Waals surface area contributed by atoms with Crippen LogP contribution in [-0.4, -0.2) is 39.1 Å². The number of nitrogens with zero attached hydrogens (tertiary/aromatic N) is 1. The Morgan fingerprint density at radius 3 is 2.13 bits per heavy atom. The van der Waals surface area contributed by atoms with Crippen molar-refractivity contribution in [2.24, 2.45) is 5.92 Å². The van der Waals surface area contributed by atoms with Crippen molar-refractivity contribution in [3.63, 3.8) is 0 Å². The fourth-order valence-electron chi connectivity index (χ4n) is 3.31. The molecule has 0 aromatic heterocycles. The third-order valence-corrected chi connectivity index (χ3v) is 5.89. The van der Waals surface area contributed by atoms with Gasteiger partial charge < -0.3 is 10.6 Å². The lowest BCUT2D eigenvalue weighted by atomic mass is 10.1. The van der Waals surface area contributed by atoms with Crippen LogP contribution >= 0.6 is 0 Å². The van der Waals surface area contributed by atoms with Gasteiger partial charge in [-0.05, 0) is 62.1 Å². The summed E-state index contributed by atoms with van der Waals surface area (Å²) >= 11 is 0. The van der Waals surface area contributed by atoms with Gasteiger partial charge >= 0.3 is 0 Å². The first-order chi connectivity index (χ1) is 14.4. The third kappa shape index (κ3) is 6.55. The molecule has 7 nitrogen and oxygen atoms in total. The third-order valence-electron chi connectivity index (χ3n) is 4.65. The Balaban J connectivity index is 2.33. The van der Waals surface area contributed by atoms with Crippen molar-refractivity contribution in [3.8, 4) is 0 Å². The zero-order valence-corrected chi connectivity index (χ0v) is 19.7. The van der Waals surface area contributed by atoms with Gasteiger partial charge in [0.1, 0.15) is 6.04 Å². The van der Waals surface area contributed by atoms with E-state index in [1.54, 1.807) is 36.4 Å². The van der Waals surface area contributed by atoms with Crippen LogP contribution in [0.5, 0.6) is 0 Å². The van der Waals surface area contributed by atoms with Gasteiger partial charge in [-0.3, -0.25) is 13.9 Å². The Kier molecular flexibility index (Phi) is 7.84. The molecule has 1 atom stereocenters. The Morgan fingerprint density at radius 1 is 1.00 bits per heavy atom. The second kappa shape index (κ2) is 9.96. The van der Waals surface area contributed by atoms with Crippen molar-refractivity contribution >= 4 is 33.2 Å². The van der Waals surface area contributed by atoms with Crippen LogP contribution in [0.1, 0.15) is 42.3 Å². The molecule has 2 rings (SSSR count). The minimum absolute atomic E-state index is 0.284. The van der Waals surface area contributed by atoms with Crippen LogP contribution in [-0.2, 0) is 14.8 Å². The topological polar surface area (TPSA) is 95.6 Å². The van der Waals surface area contributed by atoms with Crippen LogP contribution in [0.2, 0.25) is 0 Å². The predicted molar refractivity (Wildman–Crippen MR) is 125 cm³/mol. The average molecular weight is 446 g/mol. The molecule has 0 aliphatic rings. The fourth-order valence-corrected chi connectivity index (χ4v) is 4.46. The van der Waals surface area contributed by atoms with E-state index in [1.807, 2.05) is 33.8 Å². The minimum Gasteiger partial charge on any atom is -0.352 e. The number of para-hydroxylation sites is 1. The summed E-state index contributed by atoms with van der Waals surface area (Å²) in [4.78, 5) is 25.6. The number of carbonyl (C=O) groups is 2. The van der Waals surface area contributed by atoms with Crippen molar-refractivity contribution in [2.75, 3.05) is 22.4 Å². The summed E-state index contributed by atoms with van der Waals surface area (Å²) in [6, 6.07) is 11.0. The first kappa shape index (κ1) is 24.4. The summed E-state index contributed by atoms with van der Waals surface area (Å²) in [5.74, 6) is -0.549. The van der Waals surface area contributed by atoms with Crippen LogP contribution in [0.3, 0.4) is 0 Å². The molecule has 0 saturated carbocycles. The number of aryl methyl sites for hydroxylation is 2. The van der Waals surface area contributed by atoms with Gasteiger partial charge in [-0.2, -0.15) is 0 Å². The number of benzene rings is 2. The number of sulfonamides is 1. The van der Waals surface area contributed by atoms with Crippen molar-refractivity contribution in [1.82, 2.24) is 5.32 Å². The van der Waals surface area contributed by atoms with E-state index in [2.05, 4.69) is 10.6 Å². The molecule has 0 bridgehead atoms. The lowest BCUT2D eigenvalue weighted by Crippen LogP contribution is -2.45. The summed E-state index contributed by atoms with van der Waals surface area (Å²) in [7, 11) is -3.74. The largest absolute Gasteiger partial charge is 0.352 e. The van der Waals surface area contributed by atoms with E-state index in [1.165, 1.54) is 6.92 Å². The second-order valence-corrected chi connectivity index (χ2v) is 10.1. The van der Waals surface area contributed by atoms with Crippen LogP contribution in [0, 0.1) is 19.8 Å². The highest BCUT2D eigenvalue weighted by Crippen LogP contribution is 2.25. The number of rotatable bonds is 8. The zero-order chi connectivity index (χ0) is 23.3. The molecule has 0 fully saturated rings. The Hall–Kier alpha value is -2.87. The maximum absolute atomic E-state index is 13.0. The molecule has 0 unspecified atom stereocenters. The fraction of sp³-hybridized carbons (Fsp3) is 0.391. The van der Waals surface area contributed by atoms with E-state index in [0.717, 1.165) is 21.7 Å². The van der Waals surface area contributed by atoms with E-state index < -0.39 is 22.0 Å². The number of anilines is 2. The number of amides is 2. The summed E-state index contributed by atoms with van der Waals surface area (Å²) in [5.41, 5.74) is 2.85. The highest BCUT2D eigenvalue weighted by molar-refractivity contribution is 7.92. The predicted octanol–water partition coefficient (Wildman–Crippen LogP) is 3.48. The smallest absolute Gasteiger partial charge is 0.253 e. The van der Waals surface area contributed by atoms with Gasteiger partial charge in [-0.25, -0.2) is 8.42 Å². The first-order valence-electron chi connectivity index (χ1n) is 10.2. The molecule has 0 heterocycles. The molecular formula is C23H31N3O4S. The molecule has 0 spiro atoms. The minimum atomic E-state index is -3.74. The molecular weight excluding hydrogens is 414 g/mol. The first-order valence-corrected chi connectivity index (χ1v) is 12.0. The normalized spacial score (nSPS) is 12.4. The van der Waals surface area contributed by atoms with E-state index >= 15 is 0 Å². The number of nitrogens with one attached hydrogen (secondary N) is 2. The zero-order valence-electron chi connectivity index (χ0n) is 18.9. The van der Waals surface area contributed by atoms with Gasteiger partial charge in [0.2, 0.25) is 15.9 Å².